The van der Waals surface area contributed by atoms with Crippen molar-refractivity contribution in [2.75, 3.05) is 14.2 Å². The number of ether oxygens (including phenoxy) is 2. The number of carboxylic acid groups (broad SMARTS) is 1. The van der Waals surface area contributed by atoms with Crippen molar-refractivity contribution in [1.82, 2.24) is 4.57 Å². The molecule has 1 N–H and O–H groups in total. The van der Waals surface area contributed by atoms with E-state index in [-0.39, 0.29) is 17.7 Å². The quantitative estimate of drug-likeness (QED) is 0.434. The SMILES string of the molecule is COC(=O)c1cc(Cn2cc(C(=O)O)c(=O)c3cc(I)ccc32)ccc1OC. The number of fused-ring (bicyclic) bond motifs is 1. The maximum atomic E-state index is 12.5. The average molecular weight is 493 g/mol. The number of nitrogens with zero attached hydrogens (tertiary/aromatic N) is 1. The van der Waals surface area contributed by atoms with E-state index >= 15 is 0 Å². The molecule has 0 amide bonds. The molecule has 0 aliphatic rings. The van der Waals surface area contributed by atoms with Gasteiger partial charge in [-0.05, 0) is 58.5 Å². The Kier molecular flexibility index (Phi) is 5.68. The van der Waals surface area contributed by atoms with Crippen molar-refractivity contribution >= 4 is 45.4 Å². The van der Waals surface area contributed by atoms with Crippen LogP contribution in [0, 0.1) is 3.57 Å². The molecule has 0 spiro atoms. The summed E-state index contributed by atoms with van der Waals surface area (Å²) in [5.41, 5.74) is 0.756. The minimum absolute atomic E-state index is 0.256. The van der Waals surface area contributed by atoms with E-state index in [1.165, 1.54) is 20.4 Å². The number of carbonyl (C=O) groups excluding carboxylic acids is 1. The molecule has 3 aromatic rings. The van der Waals surface area contributed by atoms with Crippen LogP contribution in [0.15, 0.2) is 47.4 Å². The second kappa shape index (κ2) is 8.01. The minimum atomic E-state index is -1.29. The molecule has 0 bridgehead atoms. The van der Waals surface area contributed by atoms with Gasteiger partial charge in [0.1, 0.15) is 16.9 Å². The van der Waals surface area contributed by atoms with Crippen molar-refractivity contribution in [3.05, 3.63) is 73.1 Å². The first kappa shape index (κ1) is 19.9. The summed E-state index contributed by atoms with van der Waals surface area (Å²) in [6.07, 6.45) is 1.32. The second-order valence-electron chi connectivity index (χ2n) is 5.99. The number of aromatic nitrogens is 1. The van der Waals surface area contributed by atoms with Crippen molar-refractivity contribution in [2.45, 2.75) is 6.54 Å². The molecule has 8 heteroatoms. The van der Waals surface area contributed by atoms with Gasteiger partial charge in [-0.2, -0.15) is 0 Å². The standard InChI is InChI=1S/C20H16INO6/c1-27-17-6-3-11(7-14(17)20(26)28-2)9-22-10-15(19(24)25)18(23)13-8-12(21)4-5-16(13)22/h3-8,10H,9H2,1-2H3,(H,24,25). The molecule has 144 valence electrons. The van der Waals surface area contributed by atoms with Crippen molar-refractivity contribution < 1.29 is 24.2 Å². The lowest BCUT2D eigenvalue weighted by Crippen LogP contribution is -2.19. The maximum absolute atomic E-state index is 12.5. The molecule has 1 heterocycles. The van der Waals surface area contributed by atoms with Crippen LogP contribution in [-0.2, 0) is 11.3 Å². The lowest BCUT2D eigenvalue weighted by atomic mass is 10.1. The highest BCUT2D eigenvalue weighted by atomic mass is 127. The van der Waals surface area contributed by atoms with Crippen LogP contribution in [0.4, 0.5) is 0 Å². The van der Waals surface area contributed by atoms with E-state index in [2.05, 4.69) is 22.6 Å². The van der Waals surface area contributed by atoms with Crippen LogP contribution in [0.5, 0.6) is 5.75 Å². The summed E-state index contributed by atoms with van der Waals surface area (Å²) in [6.45, 7) is 0.256. The number of aromatic carboxylic acids is 1. The number of esters is 1. The van der Waals surface area contributed by atoms with Crippen LogP contribution >= 0.6 is 22.6 Å². The number of rotatable bonds is 5. The molecule has 0 radical (unpaired) electrons. The summed E-state index contributed by atoms with van der Waals surface area (Å²) in [7, 11) is 2.74. The van der Waals surface area contributed by atoms with Gasteiger partial charge < -0.3 is 19.1 Å². The number of carboxylic acids is 1. The Morgan fingerprint density at radius 2 is 1.86 bits per heavy atom. The molecule has 0 saturated carbocycles. The van der Waals surface area contributed by atoms with Gasteiger partial charge in [0.25, 0.3) is 0 Å². The number of hydrogen-bond acceptors (Lipinski definition) is 5. The van der Waals surface area contributed by atoms with Gasteiger partial charge >= 0.3 is 11.9 Å². The Bertz CT molecular complexity index is 1150. The van der Waals surface area contributed by atoms with Crippen molar-refractivity contribution in [2.24, 2.45) is 0 Å². The van der Waals surface area contributed by atoms with Crippen LogP contribution in [0.1, 0.15) is 26.3 Å². The van der Waals surface area contributed by atoms with E-state index in [1.54, 1.807) is 34.9 Å². The highest BCUT2D eigenvalue weighted by Gasteiger charge is 2.17. The summed E-state index contributed by atoms with van der Waals surface area (Å²) in [6, 6.07) is 10.3. The Labute approximate surface area is 173 Å². The number of methoxy groups -OCH3 is 2. The van der Waals surface area contributed by atoms with Crippen molar-refractivity contribution in [3.8, 4) is 5.75 Å². The summed E-state index contributed by atoms with van der Waals surface area (Å²) < 4.78 is 12.5. The van der Waals surface area contributed by atoms with Crippen molar-refractivity contribution in [1.29, 1.82) is 0 Å². The normalized spacial score (nSPS) is 10.7. The number of hydrogen-bond donors (Lipinski definition) is 1. The van der Waals surface area contributed by atoms with E-state index in [1.807, 2.05) is 6.07 Å². The largest absolute Gasteiger partial charge is 0.496 e. The summed E-state index contributed by atoms with van der Waals surface area (Å²) in [5.74, 6) is -1.45. The van der Waals surface area contributed by atoms with Crippen LogP contribution in [0.2, 0.25) is 0 Å². The van der Waals surface area contributed by atoms with Crippen LogP contribution in [-0.4, -0.2) is 35.8 Å². The summed E-state index contributed by atoms with van der Waals surface area (Å²) in [5, 5.41) is 9.74. The number of halogens is 1. The van der Waals surface area contributed by atoms with Gasteiger partial charge in [0.2, 0.25) is 5.43 Å². The molecule has 0 unspecified atom stereocenters. The molecular formula is C20H16INO6. The molecule has 0 fully saturated rings. The highest BCUT2D eigenvalue weighted by molar-refractivity contribution is 14.1. The van der Waals surface area contributed by atoms with E-state index in [0.717, 1.165) is 9.13 Å². The van der Waals surface area contributed by atoms with Crippen molar-refractivity contribution in [3.63, 3.8) is 0 Å². The fourth-order valence-corrected chi connectivity index (χ4v) is 3.46. The number of benzene rings is 2. The molecule has 3 rings (SSSR count). The predicted octanol–water partition coefficient (Wildman–Crippen LogP) is 3.15. The first-order chi connectivity index (χ1) is 13.3. The molecule has 0 saturated heterocycles. The lowest BCUT2D eigenvalue weighted by molar-refractivity contribution is 0.0596. The van der Waals surface area contributed by atoms with Crippen LogP contribution in [0.3, 0.4) is 0 Å². The summed E-state index contributed by atoms with van der Waals surface area (Å²) >= 11 is 2.07. The summed E-state index contributed by atoms with van der Waals surface area (Å²) in [4.78, 5) is 36.1. The van der Waals surface area contributed by atoms with Gasteiger partial charge in [-0.25, -0.2) is 9.59 Å². The Morgan fingerprint density at radius 3 is 2.50 bits per heavy atom. The van der Waals surface area contributed by atoms with Gasteiger partial charge in [-0.1, -0.05) is 6.07 Å². The molecule has 7 nitrogen and oxygen atoms in total. The topological polar surface area (TPSA) is 94.8 Å². The average Bonchev–Trinajstić information content (AvgIpc) is 2.69. The predicted molar refractivity (Wildman–Crippen MR) is 111 cm³/mol. The second-order valence-corrected chi connectivity index (χ2v) is 7.24. The monoisotopic (exact) mass is 493 g/mol. The molecular weight excluding hydrogens is 477 g/mol. The molecule has 28 heavy (non-hydrogen) atoms. The third kappa shape index (κ3) is 3.72. The Morgan fingerprint density at radius 1 is 1.11 bits per heavy atom. The maximum Gasteiger partial charge on any atom is 0.341 e. The molecule has 0 aliphatic heterocycles. The third-order valence-electron chi connectivity index (χ3n) is 4.29. The first-order valence-corrected chi connectivity index (χ1v) is 9.24. The van der Waals surface area contributed by atoms with Gasteiger partial charge in [-0.3, -0.25) is 4.79 Å². The fraction of sp³-hybridized carbons (Fsp3) is 0.150. The van der Waals surface area contributed by atoms with Gasteiger partial charge in [0, 0.05) is 21.7 Å². The minimum Gasteiger partial charge on any atom is -0.496 e. The molecule has 0 aliphatic carbocycles. The fourth-order valence-electron chi connectivity index (χ4n) is 2.97. The number of pyridine rings is 1. The van der Waals surface area contributed by atoms with E-state index < -0.39 is 17.4 Å². The smallest absolute Gasteiger partial charge is 0.341 e. The molecule has 1 aromatic heterocycles. The third-order valence-corrected chi connectivity index (χ3v) is 4.97. The lowest BCUT2D eigenvalue weighted by Gasteiger charge is -2.14. The number of carbonyl (C=O) groups is 2. The zero-order valence-corrected chi connectivity index (χ0v) is 17.2. The molecule has 2 aromatic carbocycles. The zero-order valence-electron chi connectivity index (χ0n) is 15.1. The van der Waals surface area contributed by atoms with E-state index in [9.17, 15) is 19.5 Å². The first-order valence-electron chi connectivity index (χ1n) is 8.17. The zero-order chi connectivity index (χ0) is 20.4. The van der Waals surface area contributed by atoms with E-state index in [4.69, 9.17) is 9.47 Å². The Balaban J connectivity index is 2.17. The Hall–Kier alpha value is -2.88. The van der Waals surface area contributed by atoms with Gasteiger partial charge in [0.05, 0.1) is 19.7 Å². The van der Waals surface area contributed by atoms with Gasteiger partial charge in [-0.15, -0.1) is 0 Å². The van der Waals surface area contributed by atoms with E-state index in [0.29, 0.717) is 16.7 Å². The highest BCUT2D eigenvalue weighted by Crippen LogP contribution is 2.23. The van der Waals surface area contributed by atoms with Crippen LogP contribution in [0.25, 0.3) is 10.9 Å². The van der Waals surface area contributed by atoms with Gasteiger partial charge in [0.15, 0.2) is 0 Å². The molecule has 0 atom stereocenters. The van der Waals surface area contributed by atoms with Crippen LogP contribution < -0.4 is 10.2 Å².